The average molecular weight is 368 g/mol. The number of carbonyl (C=O) groups excluding carboxylic acids is 1. The van der Waals surface area contributed by atoms with Crippen molar-refractivity contribution < 1.29 is 9.53 Å². The maximum atomic E-state index is 12.6. The molecule has 0 saturated carbocycles. The second kappa shape index (κ2) is 6.84. The van der Waals surface area contributed by atoms with Crippen LogP contribution in [0.5, 0.6) is 5.75 Å². The predicted octanol–water partition coefficient (Wildman–Crippen LogP) is 4.09. The van der Waals surface area contributed by atoms with E-state index in [1.165, 1.54) is 5.56 Å². The Hall–Kier alpha value is -2.79. The van der Waals surface area contributed by atoms with E-state index >= 15 is 0 Å². The van der Waals surface area contributed by atoms with Gasteiger partial charge in [-0.1, -0.05) is 17.7 Å². The van der Waals surface area contributed by atoms with Crippen LogP contribution in [0.25, 0.3) is 11.3 Å². The van der Waals surface area contributed by atoms with Crippen LogP contribution in [-0.4, -0.2) is 23.2 Å². The number of fused-ring (bicyclic) bond motifs is 1. The Kier molecular flexibility index (Phi) is 4.39. The quantitative estimate of drug-likeness (QED) is 0.729. The second-order valence-electron chi connectivity index (χ2n) is 6.40. The standard InChI is InChI=1S/C20H18ClN3O2/c1-26-17-6-3-12(4-7-17)18-11-19(24-23-18)22-20(25)15-8-13-2-5-16(21)10-14(13)9-15/h2-7,10-11,15H,8-9H2,1H3,(H2,22,23,24,25). The zero-order valence-electron chi connectivity index (χ0n) is 14.3. The molecule has 132 valence electrons. The summed E-state index contributed by atoms with van der Waals surface area (Å²) in [6.07, 6.45) is 1.44. The third-order valence-electron chi connectivity index (χ3n) is 4.70. The Balaban J connectivity index is 1.43. The molecule has 1 amide bonds. The van der Waals surface area contributed by atoms with Crippen molar-refractivity contribution in [3.05, 3.63) is 64.7 Å². The minimum Gasteiger partial charge on any atom is -0.497 e. The van der Waals surface area contributed by atoms with Crippen molar-refractivity contribution in [3.8, 4) is 17.0 Å². The summed E-state index contributed by atoms with van der Waals surface area (Å²) in [5.74, 6) is 1.20. The lowest BCUT2D eigenvalue weighted by Gasteiger charge is -2.07. The van der Waals surface area contributed by atoms with Crippen LogP contribution in [0.4, 0.5) is 5.82 Å². The molecule has 6 heteroatoms. The topological polar surface area (TPSA) is 67.0 Å². The third kappa shape index (κ3) is 3.30. The largest absolute Gasteiger partial charge is 0.497 e. The normalized spacial score (nSPS) is 15.5. The van der Waals surface area contributed by atoms with Gasteiger partial charge in [0.25, 0.3) is 0 Å². The zero-order chi connectivity index (χ0) is 18.1. The van der Waals surface area contributed by atoms with Gasteiger partial charge >= 0.3 is 0 Å². The first-order valence-electron chi connectivity index (χ1n) is 8.40. The first-order valence-corrected chi connectivity index (χ1v) is 8.78. The summed E-state index contributed by atoms with van der Waals surface area (Å²) in [6, 6.07) is 15.3. The number of nitrogens with one attached hydrogen (secondary N) is 2. The number of halogens is 1. The van der Waals surface area contributed by atoms with Gasteiger partial charge in [-0.25, -0.2) is 0 Å². The van der Waals surface area contributed by atoms with Crippen molar-refractivity contribution in [1.29, 1.82) is 0 Å². The molecule has 1 heterocycles. The third-order valence-corrected chi connectivity index (χ3v) is 4.94. The van der Waals surface area contributed by atoms with E-state index in [0.717, 1.165) is 29.0 Å². The van der Waals surface area contributed by atoms with E-state index in [0.29, 0.717) is 17.3 Å². The lowest BCUT2D eigenvalue weighted by Crippen LogP contribution is -2.23. The summed E-state index contributed by atoms with van der Waals surface area (Å²) in [7, 11) is 1.63. The molecule has 1 aliphatic rings. The van der Waals surface area contributed by atoms with Crippen LogP contribution in [0.2, 0.25) is 5.02 Å². The predicted molar refractivity (Wildman–Crippen MR) is 102 cm³/mol. The number of methoxy groups -OCH3 is 1. The number of carbonyl (C=O) groups is 1. The van der Waals surface area contributed by atoms with Crippen molar-refractivity contribution in [2.75, 3.05) is 12.4 Å². The Morgan fingerprint density at radius 1 is 1.15 bits per heavy atom. The van der Waals surface area contributed by atoms with Crippen molar-refractivity contribution in [2.45, 2.75) is 12.8 Å². The van der Waals surface area contributed by atoms with Gasteiger partial charge in [-0.15, -0.1) is 0 Å². The highest BCUT2D eigenvalue weighted by Gasteiger charge is 2.28. The number of hydrogen-bond donors (Lipinski definition) is 2. The molecule has 3 aromatic rings. The molecule has 2 aromatic carbocycles. The molecular weight excluding hydrogens is 350 g/mol. The molecule has 0 fully saturated rings. The van der Waals surface area contributed by atoms with Crippen LogP contribution in [0.15, 0.2) is 48.5 Å². The fourth-order valence-corrected chi connectivity index (χ4v) is 3.50. The number of amides is 1. The summed E-state index contributed by atoms with van der Waals surface area (Å²) in [5, 5.41) is 10.8. The van der Waals surface area contributed by atoms with Crippen molar-refractivity contribution in [2.24, 2.45) is 5.92 Å². The van der Waals surface area contributed by atoms with Gasteiger partial charge in [0.05, 0.1) is 12.8 Å². The van der Waals surface area contributed by atoms with Crippen molar-refractivity contribution in [3.63, 3.8) is 0 Å². The number of nitrogens with zero attached hydrogens (tertiary/aromatic N) is 1. The first kappa shape index (κ1) is 16.7. The van der Waals surface area contributed by atoms with E-state index in [1.807, 2.05) is 48.5 Å². The van der Waals surface area contributed by atoms with Crippen molar-refractivity contribution in [1.82, 2.24) is 10.2 Å². The fourth-order valence-electron chi connectivity index (χ4n) is 3.30. The van der Waals surface area contributed by atoms with E-state index in [4.69, 9.17) is 16.3 Å². The first-order chi connectivity index (χ1) is 12.6. The van der Waals surface area contributed by atoms with Gasteiger partial charge in [-0.2, -0.15) is 5.10 Å². The molecular formula is C20H18ClN3O2. The number of aromatic nitrogens is 2. The lowest BCUT2D eigenvalue weighted by molar-refractivity contribution is -0.119. The molecule has 5 nitrogen and oxygen atoms in total. The minimum atomic E-state index is -0.0930. The van der Waals surface area contributed by atoms with Gasteiger partial charge < -0.3 is 10.1 Å². The van der Waals surface area contributed by atoms with E-state index in [9.17, 15) is 4.79 Å². The number of aromatic amines is 1. The molecule has 0 radical (unpaired) electrons. The maximum absolute atomic E-state index is 12.6. The summed E-state index contributed by atoms with van der Waals surface area (Å²) in [5.41, 5.74) is 4.15. The highest BCUT2D eigenvalue weighted by atomic mass is 35.5. The number of benzene rings is 2. The van der Waals surface area contributed by atoms with Crippen LogP contribution >= 0.6 is 11.6 Å². The van der Waals surface area contributed by atoms with Crippen LogP contribution < -0.4 is 10.1 Å². The molecule has 0 bridgehead atoms. The molecule has 1 atom stereocenters. The highest BCUT2D eigenvalue weighted by molar-refractivity contribution is 6.30. The summed E-state index contributed by atoms with van der Waals surface area (Å²) >= 11 is 6.04. The minimum absolute atomic E-state index is 0.0231. The molecule has 1 unspecified atom stereocenters. The molecule has 1 aliphatic carbocycles. The van der Waals surface area contributed by atoms with E-state index < -0.39 is 0 Å². The molecule has 2 N–H and O–H groups in total. The van der Waals surface area contributed by atoms with Gasteiger partial charge in [-0.05, 0) is 65.9 Å². The SMILES string of the molecule is COc1ccc(-c2cc(NC(=O)C3Cc4ccc(Cl)cc4C3)n[nH]2)cc1. The Morgan fingerprint density at radius 3 is 2.69 bits per heavy atom. The van der Waals surface area contributed by atoms with E-state index in [-0.39, 0.29) is 11.8 Å². The number of hydrogen-bond acceptors (Lipinski definition) is 3. The highest BCUT2D eigenvalue weighted by Crippen LogP contribution is 2.30. The van der Waals surface area contributed by atoms with E-state index in [2.05, 4.69) is 15.5 Å². The summed E-state index contributed by atoms with van der Waals surface area (Å²) < 4.78 is 5.16. The van der Waals surface area contributed by atoms with Gasteiger partial charge in [0, 0.05) is 17.0 Å². The van der Waals surface area contributed by atoms with Crippen LogP contribution in [0, 0.1) is 5.92 Å². The molecule has 0 spiro atoms. The maximum Gasteiger partial charge on any atom is 0.229 e. The molecule has 0 saturated heterocycles. The van der Waals surface area contributed by atoms with Crippen molar-refractivity contribution >= 4 is 23.3 Å². The number of anilines is 1. The van der Waals surface area contributed by atoms with Gasteiger partial charge in [-0.3, -0.25) is 9.89 Å². The fraction of sp³-hybridized carbons (Fsp3) is 0.200. The van der Waals surface area contributed by atoms with Gasteiger partial charge in [0.1, 0.15) is 5.75 Å². The number of ether oxygens (including phenoxy) is 1. The Bertz CT molecular complexity index is 950. The van der Waals surface area contributed by atoms with Gasteiger partial charge in [0.15, 0.2) is 5.82 Å². The molecule has 0 aliphatic heterocycles. The summed E-state index contributed by atoms with van der Waals surface area (Å²) in [6.45, 7) is 0. The molecule has 4 rings (SSSR count). The second-order valence-corrected chi connectivity index (χ2v) is 6.84. The monoisotopic (exact) mass is 367 g/mol. The van der Waals surface area contributed by atoms with E-state index in [1.54, 1.807) is 7.11 Å². The van der Waals surface area contributed by atoms with Crippen LogP contribution in [-0.2, 0) is 17.6 Å². The molecule has 1 aromatic heterocycles. The Morgan fingerprint density at radius 2 is 1.92 bits per heavy atom. The number of rotatable bonds is 4. The van der Waals surface area contributed by atoms with Crippen LogP contribution in [0.1, 0.15) is 11.1 Å². The number of H-pyrrole nitrogens is 1. The lowest BCUT2D eigenvalue weighted by atomic mass is 10.1. The van der Waals surface area contributed by atoms with Gasteiger partial charge in [0.2, 0.25) is 5.91 Å². The zero-order valence-corrected chi connectivity index (χ0v) is 15.0. The van der Waals surface area contributed by atoms with Crippen LogP contribution in [0.3, 0.4) is 0 Å². The Labute approximate surface area is 156 Å². The smallest absolute Gasteiger partial charge is 0.229 e. The average Bonchev–Trinajstić information content (AvgIpc) is 3.28. The summed E-state index contributed by atoms with van der Waals surface area (Å²) in [4.78, 5) is 12.6. The molecule has 26 heavy (non-hydrogen) atoms.